The van der Waals surface area contributed by atoms with E-state index in [4.69, 9.17) is 0 Å². The second kappa shape index (κ2) is 4.91. The van der Waals surface area contributed by atoms with Gasteiger partial charge in [-0.15, -0.1) is 0 Å². The summed E-state index contributed by atoms with van der Waals surface area (Å²) in [6.07, 6.45) is 5.89. The van der Waals surface area contributed by atoms with Gasteiger partial charge in [0.05, 0.1) is 0 Å². The molecular formula is C10H20N2OS. The predicted molar refractivity (Wildman–Crippen MR) is 61.8 cm³/mol. The third kappa shape index (κ3) is 3.08. The van der Waals surface area contributed by atoms with E-state index in [1.54, 1.807) is 0 Å². The molecule has 1 saturated carbocycles. The highest BCUT2D eigenvalue weighted by atomic mass is 32.2. The number of hydrogen-bond acceptors (Lipinski definition) is 2. The summed E-state index contributed by atoms with van der Waals surface area (Å²) in [5, 5.41) is 5.77. The van der Waals surface area contributed by atoms with Gasteiger partial charge in [-0.3, -0.25) is 0 Å². The van der Waals surface area contributed by atoms with Crippen LogP contribution < -0.4 is 10.6 Å². The van der Waals surface area contributed by atoms with E-state index in [9.17, 15) is 4.79 Å². The molecule has 0 unspecified atom stereocenters. The van der Waals surface area contributed by atoms with Gasteiger partial charge in [0.15, 0.2) is 0 Å². The van der Waals surface area contributed by atoms with Crippen LogP contribution >= 0.6 is 11.8 Å². The molecule has 0 radical (unpaired) electrons. The first-order chi connectivity index (χ1) is 6.58. The molecule has 4 heteroatoms. The lowest BCUT2D eigenvalue weighted by molar-refractivity contribution is 0.234. The molecule has 0 spiro atoms. The molecule has 1 aliphatic rings. The normalized spacial score (nSPS) is 18.9. The maximum absolute atomic E-state index is 11.3. The van der Waals surface area contributed by atoms with Crippen molar-refractivity contribution in [2.24, 2.45) is 0 Å². The highest BCUT2D eigenvalue weighted by molar-refractivity contribution is 8.00. The molecule has 0 aromatic carbocycles. The van der Waals surface area contributed by atoms with Gasteiger partial charge in [-0.2, -0.15) is 11.8 Å². The summed E-state index contributed by atoms with van der Waals surface area (Å²) in [6.45, 7) is 4.73. The Kier molecular flexibility index (Phi) is 4.11. The molecule has 2 N–H and O–H groups in total. The van der Waals surface area contributed by atoms with E-state index >= 15 is 0 Å². The number of amides is 2. The first-order valence-corrected chi connectivity index (χ1v) is 6.40. The first-order valence-electron chi connectivity index (χ1n) is 5.17. The highest BCUT2D eigenvalue weighted by Gasteiger charge is 2.36. The summed E-state index contributed by atoms with van der Waals surface area (Å²) < 4.78 is 0.328. The number of nitrogens with one attached hydrogen (secondary N) is 2. The van der Waals surface area contributed by atoms with E-state index in [2.05, 4.69) is 16.9 Å². The fourth-order valence-corrected chi connectivity index (χ4v) is 2.49. The molecule has 1 rings (SSSR count). The standard InChI is InChI=1S/C10H20N2OS/c1-8(2)12-9(13)11-7-10(14-3)5-4-6-10/h8H,4-7H2,1-3H3,(H2,11,12,13). The van der Waals surface area contributed by atoms with Crippen LogP contribution in [0.1, 0.15) is 33.1 Å². The summed E-state index contributed by atoms with van der Waals surface area (Å²) in [7, 11) is 0. The van der Waals surface area contributed by atoms with Crippen molar-refractivity contribution in [1.29, 1.82) is 0 Å². The van der Waals surface area contributed by atoms with Crippen molar-refractivity contribution in [2.45, 2.75) is 43.9 Å². The van der Waals surface area contributed by atoms with E-state index in [0.29, 0.717) is 4.75 Å². The molecule has 1 aliphatic carbocycles. The largest absolute Gasteiger partial charge is 0.337 e. The fraction of sp³-hybridized carbons (Fsp3) is 0.900. The van der Waals surface area contributed by atoms with Crippen molar-refractivity contribution in [1.82, 2.24) is 10.6 Å². The van der Waals surface area contributed by atoms with Gasteiger partial charge in [0.2, 0.25) is 0 Å². The third-order valence-corrected chi connectivity index (χ3v) is 4.11. The Hall–Kier alpha value is -0.380. The number of rotatable bonds is 4. The van der Waals surface area contributed by atoms with Crippen LogP contribution in [0, 0.1) is 0 Å². The Labute approximate surface area is 90.4 Å². The Morgan fingerprint density at radius 3 is 2.50 bits per heavy atom. The molecular weight excluding hydrogens is 196 g/mol. The first kappa shape index (κ1) is 11.7. The number of thioether (sulfide) groups is 1. The lowest BCUT2D eigenvalue weighted by Gasteiger charge is -2.40. The summed E-state index contributed by atoms with van der Waals surface area (Å²) in [6, 6.07) is 0.168. The van der Waals surface area contributed by atoms with Gasteiger partial charge < -0.3 is 10.6 Å². The Morgan fingerprint density at radius 2 is 2.14 bits per heavy atom. The molecule has 82 valence electrons. The number of urea groups is 1. The average molecular weight is 216 g/mol. The summed E-state index contributed by atoms with van der Waals surface area (Å²) in [5.41, 5.74) is 0. The Bertz CT molecular complexity index is 197. The van der Waals surface area contributed by atoms with Crippen molar-refractivity contribution in [3.05, 3.63) is 0 Å². The van der Waals surface area contributed by atoms with Crippen molar-refractivity contribution in [2.75, 3.05) is 12.8 Å². The zero-order chi connectivity index (χ0) is 10.6. The van der Waals surface area contributed by atoms with Crippen LogP contribution in [0.25, 0.3) is 0 Å². The van der Waals surface area contributed by atoms with E-state index in [1.165, 1.54) is 19.3 Å². The average Bonchev–Trinajstić information content (AvgIpc) is 2.01. The van der Waals surface area contributed by atoms with Crippen LogP contribution in [-0.2, 0) is 0 Å². The zero-order valence-corrected chi connectivity index (χ0v) is 10.0. The molecule has 0 saturated heterocycles. The van der Waals surface area contributed by atoms with Crippen molar-refractivity contribution >= 4 is 17.8 Å². The van der Waals surface area contributed by atoms with Crippen LogP contribution in [0.2, 0.25) is 0 Å². The molecule has 1 fully saturated rings. The van der Waals surface area contributed by atoms with Gasteiger partial charge in [-0.25, -0.2) is 4.79 Å². The van der Waals surface area contributed by atoms with Crippen molar-refractivity contribution in [3.8, 4) is 0 Å². The predicted octanol–water partition coefficient (Wildman–Crippen LogP) is 1.98. The Morgan fingerprint density at radius 1 is 1.50 bits per heavy atom. The van der Waals surface area contributed by atoms with E-state index in [1.807, 2.05) is 25.6 Å². The van der Waals surface area contributed by atoms with Crippen LogP contribution in [0.4, 0.5) is 4.79 Å². The SMILES string of the molecule is CSC1(CNC(=O)NC(C)C)CCC1. The zero-order valence-electron chi connectivity index (χ0n) is 9.22. The van der Waals surface area contributed by atoms with Gasteiger partial charge in [0.25, 0.3) is 0 Å². The van der Waals surface area contributed by atoms with E-state index in [0.717, 1.165) is 6.54 Å². The lowest BCUT2D eigenvalue weighted by Crippen LogP contribution is -2.49. The van der Waals surface area contributed by atoms with Crippen LogP contribution in [0.15, 0.2) is 0 Å². The Balaban J connectivity index is 2.22. The van der Waals surface area contributed by atoms with E-state index in [-0.39, 0.29) is 12.1 Å². The number of carbonyl (C=O) groups excluding carboxylic acids is 1. The number of hydrogen-bond donors (Lipinski definition) is 2. The molecule has 0 aromatic rings. The summed E-state index contributed by atoms with van der Waals surface area (Å²) >= 11 is 1.88. The van der Waals surface area contributed by atoms with Gasteiger partial charge in [0, 0.05) is 17.3 Å². The maximum atomic E-state index is 11.3. The second-order valence-corrected chi connectivity index (χ2v) is 5.50. The molecule has 3 nitrogen and oxygen atoms in total. The van der Waals surface area contributed by atoms with Gasteiger partial charge in [0.1, 0.15) is 0 Å². The van der Waals surface area contributed by atoms with Gasteiger partial charge in [-0.05, 0) is 32.9 Å². The van der Waals surface area contributed by atoms with Gasteiger partial charge >= 0.3 is 6.03 Å². The maximum Gasteiger partial charge on any atom is 0.315 e. The van der Waals surface area contributed by atoms with E-state index < -0.39 is 0 Å². The summed E-state index contributed by atoms with van der Waals surface area (Å²) in [4.78, 5) is 11.3. The minimum atomic E-state index is -0.0414. The molecule has 0 heterocycles. The van der Waals surface area contributed by atoms with Crippen LogP contribution in [0.3, 0.4) is 0 Å². The molecule has 0 bridgehead atoms. The highest BCUT2D eigenvalue weighted by Crippen LogP contribution is 2.42. The minimum Gasteiger partial charge on any atom is -0.337 e. The third-order valence-electron chi connectivity index (χ3n) is 2.69. The van der Waals surface area contributed by atoms with Crippen molar-refractivity contribution in [3.63, 3.8) is 0 Å². The molecule has 0 aromatic heterocycles. The molecule has 2 amide bonds. The molecule has 14 heavy (non-hydrogen) atoms. The monoisotopic (exact) mass is 216 g/mol. The lowest BCUT2D eigenvalue weighted by atomic mass is 9.84. The molecule has 0 atom stereocenters. The topological polar surface area (TPSA) is 41.1 Å². The van der Waals surface area contributed by atoms with Crippen LogP contribution in [-0.4, -0.2) is 29.6 Å². The number of carbonyl (C=O) groups is 1. The minimum absolute atomic E-state index is 0.0414. The quantitative estimate of drug-likeness (QED) is 0.754. The van der Waals surface area contributed by atoms with Crippen molar-refractivity contribution < 1.29 is 4.79 Å². The fourth-order valence-electron chi connectivity index (χ4n) is 1.58. The smallest absolute Gasteiger partial charge is 0.315 e. The second-order valence-electron chi connectivity index (χ2n) is 4.22. The van der Waals surface area contributed by atoms with Gasteiger partial charge in [-0.1, -0.05) is 6.42 Å². The summed E-state index contributed by atoms with van der Waals surface area (Å²) in [5.74, 6) is 0. The molecule has 0 aliphatic heterocycles. The van der Waals surface area contributed by atoms with Crippen LogP contribution in [0.5, 0.6) is 0 Å².